The van der Waals surface area contributed by atoms with Crippen LogP contribution in [0.2, 0.25) is 0 Å². The number of anilines is 1. The molecule has 0 aliphatic heterocycles. The molecular formula is C14H16N2O2S2. The van der Waals surface area contributed by atoms with E-state index in [1.165, 1.54) is 0 Å². The molecule has 0 bridgehead atoms. The molecule has 2 aromatic rings. The van der Waals surface area contributed by atoms with Gasteiger partial charge in [-0.1, -0.05) is 28.4 Å². The maximum atomic E-state index is 12.2. The van der Waals surface area contributed by atoms with E-state index >= 15 is 0 Å². The molecule has 0 aliphatic rings. The van der Waals surface area contributed by atoms with Crippen molar-refractivity contribution in [3.63, 3.8) is 0 Å². The molecule has 106 valence electrons. The summed E-state index contributed by atoms with van der Waals surface area (Å²) in [7, 11) is -4.36. The van der Waals surface area contributed by atoms with Crippen LogP contribution in [0.25, 0.3) is 0 Å². The van der Waals surface area contributed by atoms with Crippen molar-refractivity contribution in [2.45, 2.75) is 16.7 Å². The molecule has 1 atom stereocenters. The Hall–Kier alpha value is -1.66. The fourth-order valence-corrected chi connectivity index (χ4v) is 4.48. The van der Waals surface area contributed by atoms with Crippen molar-refractivity contribution in [2.24, 2.45) is 3.77 Å². The predicted octanol–water partition coefficient (Wildman–Crippen LogP) is 2.76. The minimum Gasteiger partial charge on any atom is -0.399 e. The quantitative estimate of drug-likeness (QED) is 0.886. The van der Waals surface area contributed by atoms with Gasteiger partial charge in [-0.25, -0.2) is 0 Å². The van der Waals surface area contributed by atoms with Crippen LogP contribution in [-0.4, -0.2) is 14.7 Å². The maximum absolute atomic E-state index is 12.2. The molecule has 0 amide bonds. The summed E-state index contributed by atoms with van der Waals surface area (Å²) in [6.07, 6.45) is 1.78. The van der Waals surface area contributed by atoms with Crippen molar-refractivity contribution in [1.82, 2.24) is 0 Å². The Kier molecular flexibility index (Phi) is 4.25. The number of benzene rings is 2. The maximum Gasteiger partial charge on any atom is 0.288 e. The lowest BCUT2D eigenvalue weighted by atomic mass is 10.2. The van der Waals surface area contributed by atoms with Crippen molar-refractivity contribution in [2.75, 3.05) is 12.0 Å². The molecule has 6 heteroatoms. The van der Waals surface area contributed by atoms with Crippen LogP contribution in [0.3, 0.4) is 0 Å². The smallest absolute Gasteiger partial charge is 0.288 e. The lowest BCUT2D eigenvalue weighted by Crippen LogP contribution is -2.00. The van der Waals surface area contributed by atoms with E-state index in [9.17, 15) is 8.42 Å². The Morgan fingerprint density at radius 2 is 1.55 bits per heavy atom. The van der Waals surface area contributed by atoms with Gasteiger partial charge in [-0.15, -0.1) is 3.77 Å². The highest BCUT2D eigenvalue weighted by atomic mass is 32.3. The van der Waals surface area contributed by atoms with Gasteiger partial charge < -0.3 is 5.73 Å². The second kappa shape index (κ2) is 5.76. The number of rotatable bonds is 3. The molecule has 2 aromatic carbocycles. The molecule has 0 heterocycles. The molecule has 2 rings (SSSR count). The average Bonchev–Trinajstić information content (AvgIpc) is 2.39. The number of hydrogen-bond acceptors (Lipinski definition) is 3. The van der Waals surface area contributed by atoms with Gasteiger partial charge in [0.15, 0.2) is 0 Å². The standard InChI is InChI=1S/C14H16N2O2S2/c1-11-3-9-14(10-4-11)20(17,18)16-19(2)13-7-5-12(15)6-8-13/h3-10H,15H2,1-2H3. The van der Waals surface area contributed by atoms with Crippen molar-refractivity contribution in [3.05, 3.63) is 54.1 Å². The molecule has 4 nitrogen and oxygen atoms in total. The van der Waals surface area contributed by atoms with Crippen molar-refractivity contribution >= 4 is 26.4 Å². The fourth-order valence-electron chi connectivity index (χ4n) is 1.61. The lowest BCUT2D eigenvalue weighted by Gasteiger charge is -2.04. The van der Waals surface area contributed by atoms with Crippen LogP contribution in [0.1, 0.15) is 5.56 Å². The normalized spacial score (nSPS) is 13.3. The molecular weight excluding hydrogens is 292 g/mol. The van der Waals surface area contributed by atoms with Crippen LogP contribution in [0.5, 0.6) is 0 Å². The molecule has 0 fully saturated rings. The van der Waals surface area contributed by atoms with Gasteiger partial charge in [0.25, 0.3) is 10.0 Å². The third-order valence-corrected chi connectivity index (χ3v) is 6.25. The number of hydrogen-bond donors (Lipinski definition) is 1. The Morgan fingerprint density at radius 1 is 1.00 bits per heavy atom. The second-order valence-corrected chi connectivity index (χ2v) is 7.85. The van der Waals surface area contributed by atoms with Crippen LogP contribution in [0.15, 0.2) is 62.1 Å². The predicted molar refractivity (Wildman–Crippen MR) is 83.2 cm³/mol. The van der Waals surface area contributed by atoms with E-state index in [-0.39, 0.29) is 4.90 Å². The number of nitrogens with zero attached hydrogens (tertiary/aromatic N) is 1. The fraction of sp³-hybridized carbons (Fsp3) is 0.143. The van der Waals surface area contributed by atoms with Crippen LogP contribution in [0.4, 0.5) is 5.69 Å². The van der Waals surface area contributed by atoms with Gasteiger partial charge in [0.2, 0.25) is 0 Å². The topological polar surface area (TPSA) is 72.5 Å². The first-order valence-corrected chi connectivity index (χ1v) is 8.98. The molecule has 0 spiro atoms. The van der Waals surface area contributed by atoms with Crippen LogP contribution >= 0.6 is 0 Å². The van der Waals surface area contributed by atoms with E-state index in [1.54, 1.807) is 54.8 Å². The highest BCUT2D eigenvalue weighted by molar-refractivity contribution is 7.99. The van der Waals surface area contributed by atoms with Gasteiger partial charge in [-0.3, -0.25) is 0 Å². The monoisotopic (exact) mass is 308 g/mol. The van der Waals surface area contributed by atoms with E-state index in [4.69, 9.17) is 5.73 Å². The summed E-state index contributed by atoms with van der Waals surface area (Å²) < 4.78 is 28.4. The van der Waals surface area contributed by atoms with Crippen LogP contribution in [-0.2, 0) is 20.7 Å². The number of nitrogens with two attached hydrogens (primary N) is 1. The first kappa shape index (κ1) is 14.7. The number of nitrogen functional groups attached to an aromatic ring is 1. The molecule has 1 unspecified atom stereocenters. The van der Waals surface area contributed by atoms with Gasteiger partial charge in [0, 0.05) is 10.6 Å². The number of aryl methyl sites for hydroxylation is 1. The minimum atomic E-state index is -3.63. The Balaban J connectivity index is 2.37. The summed E-state index contributed by atoms with van der Waals surface area (Å²) in [5.74, 6) is 0. The third-order valence-electron chi connectivity index (χ3n) is 2.75. The van der Waals surface area contributed by atoms with Crippen LogP contribution < -0.4 is 5.73 Å². The molecule has 0 aromatic heterocycles. The molecule has 2 N–H and O–H groups in total. The van der Waals surface area contributed by atoms with E-state index in [0.29, 0.717) is 5.69 Å². The summed E-state index contributed by atoms with van der Waals surface area (Å²) in [4.78, 5) is 1.06. The van der Waals surface area contributed by atoms with E-state index in [0.717, 1.165) is 10.5 Å². The van der Waals surface area contributed by atoms with Gasteiger partial charge in [-0.2, -0.15) is 8.42 Å². The number of sulfonamides is 1. The van der Waals surface area contributed by atoms with E-state index in [1.807, 2.05) is 6.92 Å². The Labute approximate surface area is 121 Å². The summed E-state index contributed by atoms with van der Waals surface area (Å²) in [6, 6.07) is 13.8. The zero-order valence-electron chi connectivity index (χ0n) is 11.3. The zero-order valence-corrected chi connectivity index (χ0v) is 12.9. The highest BCUT2D eigenvalue weighted by Gasteiger charge is 2.13. The lowest BCUT2D eigenvalue weighted by molar-refractivity contribution is 0.598. The van der Waals surface area contributed by atoms with Crippen molar-refractivity contribution < 1.29 is 8.42 Å². The minimum absolute atomic E-state index is 0.220. The highest BCUT2D eigenvalue weighted by Crippen LogP contribution is 2.17. The molecule has 0 saturated carbocycles. The second-order valence-electron chi connectivity index (χ2n) is 4.41. The zero-order chi connectivity index (χ0) is 14.8. The SMILES string of the molecule is Cc1ccc(S(=O)(=O)/N=S(\C)c2ccc(N)cc2)cc1. The first-order valence-electron chi connectivity index (χ1n) is 5.95. The van der Waals surface area contributed by atoms with Gasteiger partial charge in [0.05, 0.1) is 4.90 Å². The average molecular weight is 308 g/mol. The van der Waals surface area contributed by atoms with Gasteiger partial charge >= 0.3 is 0 Å². The van der Waals surface area contributed by atoms with E-state index in [2.05, 4.69) is 3.77 Å². The first-order chi connectivity index (χ1) is 9.38. The van der Waals surface area contributed by atoms with E-state index < -0.39 is 20.7 Å². The molecule has 20 heavy (non-hydrogen) atoms. The molecule has 0 radical (unpaired) electrons. The van der Waals surface area contributed by atoms with Crippen molar-refractivity contribution in [1.29, 1.82) is 0 Å². The van der Waals surface area contributed by atoms with Gasteiger partial charge in [-0.05, 0) is 49.6 Å². The third kappa shape index (κ3) is 3.46. The Bertz CT molecular complexity index is 734. The summed E-state index contributed by atoms with van der Waals surface area (Å²) in [5.41, 5.74) is 7.27. The van der Waals surface area contributed by atoms with Crippen LogP contribution in [0, 0.1) is 6.92 Å². The molecule has 0 saturated heterocycles. The van der Waals surface area contributed by atoms with Gasteiger partial charge in [0.1, 0.15) is 0 Å². The Morgan fingerprint density at radius 3 is 2.10 bits per heavy atom. The summed E-state index contributed by atoms with van der Waals surface area (Å²) in [6.45, 7) is 1.91. The summed E-state index contributed by atoms with van der Waals surface area (Å²) in [5, 5.41) is 0. The molecule has 0 aliphatic carbocycles. The summed E-state index contributed by atoms with van der Waals surface area (Å²) >= 11 is 0. The van der Waals surface area contributed by atoms with Crippen molar-refractivity contribution in [3.8, 4) is 0 Å². The largest absolute Gasteiger partial charge is 0.399 e.